The number of aromatic nitrogens is 5. The molecule has 0 saturated carbocycles. The molecular formula is C16H17N5OS. The predicted molar refractivity (Wildman–Crippen MR) is 89.0 cm³/mol. The van der Waals surface area contributed by atoms with Crippen molar-refractivity contribution < 1.29 is 4.42 Å². The average Bonchev–Trinajstić information content (AvgIpc) is 3.18. The van der Waals surface area contributed by atoms with Crippen LogP contribution in [-0.2, 0) is 6.54 Å². The highest BCUT2D eigenvalue weighted by Gasteiger charge is 2.19. The van der Waals surface area contributed by atoms with E-state index < -0.39 is 0 Å². The number of thioether (sulfide) groups is 1. The lowest BCUT2D eigenvalue weighted by Gasteiger charge is -2.08. The van der Waals surface area contributed by atoms with Crippen molar-refractivity contribution in [3.05, 3.63) is 54.7 Å². The lowest BCUT2D eigenvalue weighted by molar-refractivity contribution is 0.508. The molecule has 3 aromatic rings. The number of rotatable bonds is 6. The van der Waals surface area contributed by atoms with E-state index >= 15 is 0 Å². The molecule has 0 radical (unpaired) electrons. The van der Waals surface area contributed by atoms with Crippen LogP contribution in [0.3, 0.4) is 0 Å². The first-order valence-electron chi connectivity index (χ1n) is 7.25. The van der Waals surface area contributed by atoms with E-state index in [1.54, 1.807) is 0 Å². The molecule has 3 rings (SSSR count). The molecule has 0 spiro atoms. The van der Waals surface area contributed by atoms with E-state index in [4.69, 9.17) is 4.42 Å². The molecule has 23 heavy (non-hydrogen) atoms. The molecule has 0 aliphatic rings. The van der Waals surface area contributed by atoms with Gasteiger partial charge in [0.25, 0.3) is 0 Å². The van der Waals surface area contributed by atoms with E-state index in [1.807, 2.05) is 54.8 Å². The first kappa shape index (κ1) is 15.5. The number of hydrogen-bond donors (Lipinski definition) is 0. The Bertz CT molecular complexity index is 796. The van der Waals surface area contributed by atoms with E-state index in [0.29, 0.717) is 18.3 Å². The monoisotopic (exact) mass is 327 g/mol. The van der Waals surface area contributed by atoms with Gasteiger partial charge in [-0.15, -0.1) is 27.0 Å². The molecule has 0 saturated heterocycles. The number of hydrogen-bond acceptors (Lipinski definition) is 6. The molecule has 0 N–H and O–H groups in total. The number of nitrogens with zero attached hydrogens (tertiary/aromatic N) is 5. The molecule has 2 heterocycles. The van der Waals surface area contributed by atoms with Gasteiger partial charge in [-0.05, 0) is 26.0 Å². The molecule has 0 aliphatic heterocycles. The van der Waals surface area contributed by atoms with Crippen molar-refractivity contribution in [2.45, 2.75) is 30.8 Å². The zero-order valence-electron chi connectivity index (χ0n) is 13.0. The van der Waals surface area contributed by atoms with Crippen LogP contribution < -0.4 is 0 Å². The summed E-state index contributed by atoms with van der Waals surface area (Å²) in [4.78, 5) is 0. The fourth-order valence-electron chi connectivity index (χ4n) is 2.09. The maximum Gasteiger partial charge on any atom is 0.247 e. The summed E-state index contributed by atoms with van der Waals surface area (Å²) in [5, 5.41) is 17.4. The van der Waals surface area contributed by atoms with Crippen LogP contribution in [0.2, 0.25) is 0 Å². The zero-order chi connectivity index (χ0) is 16.2. The van der Waals surface area contributed by atoms with Gasteiger partial charge in [0.1, 0.15) is 5.82 Å². The van der Waals surface area contributed by atoms with E-state index in [0.717, 1.165) is 16.5 Å². The third-order valence-corrected chi connectivity index (χ3v) is 4.37. The molecule has 0 amide bonds. The Morgan fingerprint density at radius 1 is 1.22 bits per heavy atom. The molecular weight excluding hydrogens is 310 g/mol. The topological polar surface area (TPSA) is 69.6 Å². The largest absolute Gasteiger partial charge is 0.419 e. The minimum Gasteiger partial charge on any atom is -0.419 e. The van der Waals surface area contributed by atoms with Crippen LogP contribution in [0.1, 0.15) is 23.9 Å². The van der Waals surface area contributed by atoms with E-state index in [-0.39, 0.29) is 5.25 Å². The quantitative estimate of drug-likeness (QED) is 0.508. The van der Waals surface area contributed by atoms with Gasteiger partial charge in [-0.1, -0.05) is 36.0 Å². The van der Waals surface area contributed by atoms with Gasteiger partial charge in [-0.25, -0.2) is 0 Å². The van der Waals surface area contributed by atoms with Crippen LogP contribution in [0.5, 0.6) is 0 Å². The second-order valence-corrected chi connectivity index (χ2v) is 6.31. The first-order valence-corrected chi connectivity index (χ1v) is 8.13. The number of benzene rings is 1. The Balaban J connectivity index is 1.78. The first-order chi connectivity index (χ1) is 11.2. The van der Waals surface area contributed by atoms with Gasteiger partial charge < -0.3 is 8.98 Å². The van der Waals surface area contributed by atoms with E-state index in [2.05, 4.69) is 27.0 Å². The van der Waals surface area contributed by atoms with Crippen LogP contribution >= 0.6 is 11.8 Å². The Morgan fingerprint density at radius 2 is 2.00 bits per heavy atom. The highest BCUT2D eigenvalue weighted by molar-refractivity contribution is 7.99. The third-order valence-electron chi connectivity index (χ3n) is 3.30. The third kappa shape index (κ3) is 3.34. The van der Waals surface area contributed by atoms with Crippen molar-refractivity contribution in [2.24, 2.45) is 0 Å². The van der Waals surface area contributed by atoms with E-state index in [9.17, 15) is 0 Å². The van der Waals surface area contributed by atoms with Crippen molar-refractivity contribution in [3.8, 4) is 11.5 Å². The second-order valence-electron chi connectivity index (χ2n) is 5.00. The predicted octanol–water partition coefficient (Wildman–Crippen LogP) is 3.68. The normalized spacial score (nSPS) is 12.3. The molecule has 118 valence electrons. The minimum absolute atomic E-state index is 0.0212. The van der Waals surface area contributed by atoms with Crippen molar-refractivity contribution >= 4 is 11.8 Å². The van der Waals surface area contributed by atoms with Gasteiger partial charge in [0.2, 0.25) is 11.8 Å². The molecule has 2 aromatic heterocycles. The summed E-state index contributed by atoms with van der Waals surface area (Å²) in [6.45, 7) is 8.37. The average molecular weight is 327 g/mol. The van der Waals surface area contributed by atoms with Gasteiger partial charge >= 0.3 is 0 Å². The Kier molecular flexibility index (Phi) is 4.57. The summed E-state index contributed by atoms with van der Waals surface area (Å²) < 4.78 is 7.79. The standard InChI is InChI=1S/C16H17N5OS/c1-4-10-21-12(3)17-20-16(21)23-11(2)14-18-19-15(22-14)13-8-6-5-7-9-13/h4-9,11H,1,10H2,2-3H3. The summed E-state index contributed by atoms with van der Waals surface area (Å²) in [6.07, 6.45) is 1.82. The maximum absolute atomic E-state index is 5.79. The zero-order valence-corrected chi connectivity index (χ0v) is 13.8. The van der Waals surface area contributed by atoms with Crippen molar-refractivity contribution in [1.29, 1.82) is 0 Å². The molecule has 6 nitrogen and oxygen atoms in total. The number of aryl methyl sites for hydroxylation is 1. The lowest BCUT2D eigenvalue weighted by Crippen LogP contribution is -2.01. The molecule has 0 fully saturated rings. The molecule has 1 aromatic carbocycles. The van der Waals surface area contributed by atoms with Gasteiger partial charge in [0.05, 0.1) is 5.25 Å². The Morgan fingerprint density at radius 3 is 2.74 bits per heavy atom. The Hall–Kier alpha value is -2.41. The highest BCUT2D eigenvalue weighted by atomic mass is 32.2. The summed E-state index contributed by atoms with van der Waals surface area (Å²) in [5.41, 5.74) is 0.911. The molecule has 1 unspecified atom stereocenters. The van der Waals surface area contributed by atoms with Crippen molar-refractivity contribution in [3.63, 3.8) is 0 Å². The van der Waals surface area contributed by atoms with Crippen molar-refractivity contribution in [2.75, 3.05) is 0 Å². The van der Waals surface area contributed by atoms with Crippen LogP contribution in [0.4, 0.5) is 0 Å². The van der Waals surface area contributed by atoms with Crippen LogP contribution in [-0.4, -0.2) is 25.0 Å². The van der Waals surface area contributed by atoms with Gasteiger partial charge in [0.15, 0.2) is 5.16 Å². The van der Waals surface area contributed by atoms with Crippen LogP contribution in [0.25, 0.3) is 11.5 Å². The molecule has 0 bridgehead atoms. The molecule has 1 atom stereocenters. The van der Waals surface area contributed by atoms with Gasteiger partial charge in [0, 0.05) is 12.1 Å². The SMILES string of the molecule is C=CCn1c(C)nnc1SC(C)c1nnc(-c2ccccc2)o1. The van der Waals surface area contributed by atoms with Gasteiger partial charge in [-0.2, -0.15) is 0 Å². The van der Waals surface area contributed by atoms with Gasteiger partial charge in [-0.3, -0.25) is 0 Å². The number of allylic oxidation sites excluding steroid dienone is 1. The fraction of sp³-hybridized carbons (Fsp3) is 0.250. The summed E-state index contributed by atoms with van der Waals surface area (Å²) in [6, 6.07) is 9.72. The summed E-state index contributed by atoms with van der Waals surface area (Å²) in [7, 11) is 0. The molecule has 7 heteroatoms. The smallest absolute Gasteiger partial charge is 0.247 e. The van der Waals surface area contributed by atoms with E-state index in [1.165, 1.54) is 11.8 Å². The van der Waals surface area contributed by atoms with Crippen LogP contribution in [0.15, 0.2) is 52.6 Å². The Labute approximate surface area is 138 Å². The fourth-order valence-corrected chi connectivity index (χ4v) is 3.03. The minimum atomic E-state index is -0.0212. The maximum atomic E-state index is 5.79. The molecule has 0 aliphatic carbocycles. The summed E-state index contributed by atoms with van der Waals surface area (Å²) >= 11 is 1.54. The second kappa shape index (κ2) is 6.78. The van der Waals surface area contributed by atoms with Crippen LogP contribution in [0, 0.1) is 6.92 Å². The van der Waals surface area contributed by atoms with Crippen molar-refractivity contribution in [1.82, 2.24) is 25.0 Å². The lowest BCUT2D eigenvalue weighted by atomic mass is 10.2. The highest BCUT2D eigenvalue weighted by Crippen LogP contribution is 2.34. The summed E-state index contributed by atoms with van der Waals surface area (Å²) in [5.74, 6) is 1.95.